The predicted octanol–water partition coefficient (Wildman–Crippen LogP) is 5.12. The number of carbonyl (C=O) groups excluding carboxylic acids is 1. The van der Waals surface area contributed by atoms with Crippen molar-refractivity contribution < 1.29 is 13.7 Å². The summed E-state index contributed by atoms with van der Waals surface area (Å²) in [5.41, 5.74) is 3.13. The van der Waals surface area contributed by atoms with Crippen LogP contribution in [0.5, 0.6) is 0 Å². The molecule has 30 heavy (non-hydrogen) atoms. The number of nitrogens with zero attached hydrogens (tertiary/aromatic N) is 3. The number of hydrogen-bond donors (Lipinski definition) is 0. The van der Waals surface area contributed by atoms with Crippen molar-refractivity contribution in [2.24, 2.45) is 0 Å². The van der Waals surface area contributed by atoms with Crippen LogP contribution in [0.2, 0.25) is 0 Å². The molecule has 0 saturated heterocycles. The molecule has 0 radical (unpaired) electrons. The van der Waals surface area contributed by atoms with E-state index in [1.54, 1.807) is 12.1 Å². The third-order valence-electron chi connectivity index (χ3n) is 5.43. The first-order valence-electron chi connectivity index (χ1n) is 10.5. The summed E-state index contributed by atoms with van der Waals surface area (Å²) in [6.07, 6.45) is 2.84. The normalized spacial score (nSPS) is 13.6. The van der Waals surface area contributed by atoms with Gasteiger partial charge in [-0.05, 0) is 54.2 Å². The largest absolute Gasteiger partial charge is 0.339 e. The lowest BCUT2D eigenvalue weighted by Gasteiger charge is -2.22. The van der Waals surface area contributed by atoms with E-state index in [0.717, 1.165) is 18.4 Å². The minimum Gasteiger partial charge on any atom is -0.339 e. The summed E-state index contributed by atoms with van der Waals surface area (Å²) in [7, 11) is 0. The Bertz CT molecular complexity index is 992. The molecule has 0 aliphatic heterocycles. The van der Waals surface area contributed by atoms with E-state index >= 15 is 0 Å². The van der Waals surface area contributed by atoms with Gasteiger partial charge in [-0.3, -0.25) is 4.79 Å². The molecule has 3 aromatic rings. The van der Waals surface area contributed by atoms with Gasteiger partial charge in [-0.2, -0.15) is 4.98 Å². The molecule has 1 saturated carbocycles. The highest BCUT2D eigenvalue weighted by atomic mass is 19.1. The van der Waals surface area contributed by atoms with Crippen molar-refractivity contribution in [3.05, 3.63) is 71.4 Å². The van der Waals surface area contributed by atoms with Crippen molar-refractivity contribution in [1.29, 1.82) is 0 Å². The molecule has 0 unspecified atom stereocenters. The number of aryl methyl sites for hydroxylation is 1. The van der Waals surface area contributed by atoms with E-state index in [2.05, 4.69) is 48.3 Å². The van der Waals surface area contributed by atoms with Crippen molar-refractivity contribution in [3.8, 4) is 11.4 Å². The van der Waals surface area contributed by atoms with Gasteiger partial charge in [0.1, 0.15) is 5.82 Å². The van der Waals surface area contributed by atoms with Gasteiger partial charge in [-0.25, -0.2) is 4.39 Å². The molecular formula is C24H26FN3O2. The average Bonchev–Trinajstić information content (AvgIpc) is 3.48. The number of halogens is 1. The van der Waals surface area contributed by atoms with Gasteiger partial charge >= 0.3 is 0 Å². The quantitative estimate of drug-likeness (QED) is 0.520. The summed E-state index contributed by atoms with van der Waals surface area (Å²) in [5.74, 6) is 1.11. The predicted molar refractivity (Wildman–Crippen MR) is 112 cm³/mol. The average molecular weight is 407 g/mol. The van der Waals surface area contributed by atoms with Gasteiger partial charge < -0.3 is 9.42 Å². The zero-order chi connectivity index (χ0) is 21.1. The summed E-state index contributed by atoms with van der Waals surface area (Å²) in [6.45, 7) is 4.98. The Labute approximate surface area is 175 Å². The summed E-state index contributed by atoms with van der Waals surface area (Å²) in [5, 5.41) is 3.94. The van der Waals surface area contributed by atoms with Crippen molar-refractivity contribution in [1.82, 2.24) is 15.0 Å². The van der Waals surface area contributed by atoms with Crippen LogP contribution in [0, 0.1) is 5.82 Å². The van der Waals surface area contributed by atoms with E-state index in [1.165, 1.54) is 17.7 Å². The second-order valence-electron chi connectivity index (χ2n) is 8.17. The van der Waals surface area contributed by atoms with Crippen LogP contribution in [0.15, 0.2) is 53.1 Å². The van der Waals surface area contributed by atoms with Crippen molar-refractivity contribution in [2.45, 2.75) is 58.0 Å². The molecule has 2 aromatic carbocycles. The van der Waals surface area contributed by atoms with Gasteiger partial charge in [0.25, 0.3) is 0 Å². The molecule has 156 valence electrons. The number of rotatable bonds is 8. The van der Waals surface area contributed by atoms with Crippen LogP contribution < -0.4 is 0 Å². The fourth-order valence-electron chi connectivity index (χ4n) is 3.44. The maximum absolute atomic E-state index is 13.1. The number of amides is 1. The number of benzene rings is 2. The van der Waals surface area contributed by atoms with E-state index in [9.17, 15) is 9.18 Å². The second kappa shape index (κ2) is 8.78. The molecule has 1 aliphatic rings. The fourth-order valence-corrected chi connectivity index (χ4v) is 3.44. The Kier molecular flexibility index (Phi) is 5.93. The lowest BCUT2D eigenvalue weighted by molar-refractivity contribution is -0.132. The highest BCUT2D eigenvalue weighted by Gasteiger charge is 2.32. The molecule has 0 spiro atoms. The smallest absolute Gasteiger partial charge is 0.227 e. The molecule has 1 aromatic heterocycles. The Morgan fingerprint density at radius 1 is 1.13 bits per heavy atom. The molecule has 1 fully saturated rings. The third-order valence-corrected chi connectivity index (χ3v) is 5.43. The van der Waals surface area contributed by atoms with E-state index in [-0.39, 0.29) is 11.7 Å². The highest BCUT2D eigenvalue weighted by molar-refractivity contribution is 5.77. The Hall–Kier alpha value is -3.02. The molecule has 5 nitrogen and oxygen atoms in total. The third kappa shape index (κ3) is 4.93. The van der Waals surface area contributed by atoms with Crippen molar-refractivity contribution in [2.75, 3.05) is 0 Å². The molecule has 1 amide bonds. The van der Waals surface area contributed by atoms with Crippen LogP contribution in [-0.4, -0.2) is 27.0 Å². The first-order chi connectivity index (χ1) is 14.5. The van der Waals surface area contributed by atoms with Crippen LogP contribution in [0.25, 0.3) is 11.4 Å². The van der Waals surface area contributed by atoms with E-state index in [4.69, 9.17) is 4.52 Å². The summed E-state index contributed by atoms with van der Waals surface area (Å²) < 4.78 is 18.4. The zero-order valence-corrected chi connectivity index (χ0v) is 17.3. The fraction of sp³-hybridized carbons (Fsp3) is 0.375. The van der Waals surface area contributed by atoms with Gasteiger partial charge in [-0.15, -0.1) is 0 Å². The minimum atomic E-state index is -0.313. The lowest BCUT2D eigenvalue weighted by atomic mass is 10.0. The zero-order valence-electron chi connectivity index (χ0n) is 17.3. The maximum Gasteiger partial charge on any atom is 0.227 e. The molecule has 1 aliphatic carbocycles. The van der Waals surface area contributed by atoms with Crippen LogP contribution in [0.3, 0.4) is 0 Å². The Balaban J connectivity index is 1.36. The van der Waals surface area contributed by atoms with Gasteiger partial charge in [0.2, 0.25) is 17.6 Å². The van der Waals surface area contributed by atoms with Gasteiger partial charge in [0.15, 0.2) is 0 Å². The Morgan fingerprint density at radius 2 is 1.83 bits per heavy atom. The molecule has 1 heterocycles. The number of hydrogen-bond acceptors (Lipinski definition) is 4. The minimum absolute atomic E-state index is 0.104. The monoisotopic (exact) mass is 407 g/mol. The van der Waals surface area contributed by atoms with E-state index < -0.39 is 0 Å². The summed E-state index contributed by atoms with van der Waals surface area (Å²) >= 11 is 0. The van der Waals surface area contributed by atoms with Crippen molar-refractivity contribution >= 4 is 5.91 Å². The van der Waals surface area contributed by atoms with E-state index in [0.29, 0.717) is 48.6 Å². The first kappa shape index (κ1) is 20.3. The molecular weight excluding hydrogens is 381 g/mol. The Morgan fingerprint density at radius 3 is 2.47 bits per heavy atom. The van der Waals surface area contributed by atoms with Gasteiger partial charge in [0.05, 0.1) is 0 Å². The van der Waals surface area contributed by atoms with Crippen LogP contribution in [0.4, 0.5) is 4.39 Å². The van der Waals surface area contributed by atoms with Crippen LogP contribution in [0.1, 0.15) is 56.0 Å². The molecule has 0 bridgehead atoms. The lowest BCUT2D eigenvalue weighted by Crippen LogP contribution is -2.32. The van der Waals surface area contributed by atoms with Crippen molar-refractivity contribution in [3.63, 3.8) is 0 Å². The molecule has 6 heteroatoms. The SMILES string of the molecule is CC(C)c1ccc(CN(C(=O)CCc2nc(-c3ccc(F)cc3)no2)C2CC2)cc1. The molecule has 0 N–H and O–H groups in total. The molecule has 4 rings (SSSR count). The first-order valence-corrected chi connectivity index (χ1v) is 10.5. The summed E-state index contributed by atoms with van der Waals surface area (Å²) in [4.78, 5) is 19.2. The van der Waals surface area contributed by atoms with Crippen LogP contribution in [-0.2, 0) is 17.8 Å². The van der Waals surface area contributed by atoms with E-state index in [1.807, 2.05) is 4.90 Å². The summed E-state index contributed by atoms with van der Waals surface area (Å²) in [6, 6.07) is 14.8. The highest BCUT2D eigenvalue weighted by Crippen LogP contribution is 2.29. The number of carbonyl (C=O) groups is 1. The van der Waals surface area contributed by atoms with Gasteiger partial charge in [0, 0.05) is 31.0 Å². The second-order valence-corrected chi connectivity index (χ2v) is 8.17. The standard InChI is InChI=1S/C24H26FN3O2/c1-16(2)18-5-3-17(4-6-18)15-28(21-11-12-21)23(29)14-13-22-26-24(27-30-22)19-7-9-20(25)10-8-19/h3-10,16,21H,11-15H2,1-2H3. The van der Waals surface area contributed by atoms with Crippen LogP contribution >= 0.6 is 0 Å². The molecule has 0 atom stereocenters. The topological polar surface area (TPSA) is 59.2 Å². The maximum atomic E-state index is 13.1. The van der Waals surface area contributed by atoms with Gasteiger partial charge in [-0.1, -0.05) is 43.3 Å². The number of aromatic nitrogens is 2.